The zero-order valence-corrected chi connectivity index (χ0v) is 24.6. The minimum atomic E-state index is -4.27. The summed E-state index contributed by atoms with van der Waals surface area (Å²) in [5.74, 6) is 2.81. The Kier molecular flexibility index (Phi) is 7.42. The largest absolute Gasteiger partial charge is 0.493 e. The van der Waals surface area contributed by atoms with E-state index in [9.17, 15) is 8.42 Å². The van der Waals surface area contributed by atoms with Gasteiger partial charge in [-0.25, -0.2) is 0 Å². The van der Waals surface area contributed by atoms with Crippen molar-refractivity contribution in [2.45, 2.75) is 48.3 Å². The van der Waals surface area contributed by atoms with Gasteiger partial charge in [-0.1, -0.05) is 17.7 Å². The van der Waals surface area contributed by atoms with Gasteiger partial charge < -0.3 is 27.9 Å². The fourth-order valence-corrected chi connectivity index (χ4v) is 7.13. The van der Waals surface area contributed by atoms with Crippen LogP contribution in [0.3, 0.4) is 0 Å². The van der Waals surface area contributed by atoms with Gasteiger partial charge in [0.15, 0.2) is 34.5 Å². The minimum Gasteiger partial charge on any atom is -0.493 e. The number of fused-ring (bicyclic) bond motifs is 7. The van der Waals surface area contributed by atoms with Crippen molar-refractivity contribution in [2.75, 3.05) is 28.1 Å². The fourth-order valence-electron chi connectivity index (χ4n) is 5.88. The van der Waals surface area contributed by atoms with Gasteiger partial charge in [0, 0.05) is 11.6 Å². The number of ether oxygens (including phenoxy) is 5. The third kappa shape index (κ3) is 5.17. The van der Waals surface area contributed by atoms with Crippen LogP contribution >= 0.6 is 11.6 Å². The van der Waals surface area contributed by atoms with Crippen molar-refractivity contribution < 1.29 is 36.3 Å². The number of aryl methyl sites for hydroxylation is 1. The molecule has 3 aliphatic rings. The van der Waals surface area contributed by atoms with Crippen molar-refractivity contribution in [3.05, 3.63) is 70.3 Å². The normalized spacial score (nSPS) is 19.4. The molecular weight excluding hydrogens is 568 g/mol. The maximum Gasteiger partial charge on any atom is 0.339 e. The van der Waals surface area contributed by atoms with Crippen molar-refractivity contribution in [3.8, 4) is 34.5 Å². The lowest BCUT2D eigenvalue weighted by atomic mass is 9.81. The lowest BCUT2D eigenvalue weighted by Crippen LogP contribution is -2.15. The lowest BCUT2D eigenvalue weighted by molar-refractivity contribution is 0.174. The zero-order valence-electron chi connectivity index (χ0n) is 23.1. The molecule has 1 aliphatic heterocycles. The highest BCUT2D eigenvalue weighted by Gasteiger charge is 2.31. The quantitative estimate of drug-likeness (QED) is 0.242. The van der Waals surface area contributed by atoms with E-state index in [0.29, 0.717) is 23.5 Å². The molecule has 0 aromatic heterocycles. The maximum atomic E-state index is 13.6. The number of hydrogen-bond donors (Lipinski definition) is 0. The first-order valence-corrected chi connectivity index (χ1v) is 15.3. The van der Waals surface area contributed by atoms with Gasteiger partial charge >= 0.3 is 10.1 Å². The summed E-state index contributed by atoms with van der Waals surface area (Å²) < 4.78 is 60.7. The molecule has 3 aromatic carbocycles. The lowest BCUT2D eigenvalue weighted by Gasteiger charge is -2.25. The third-order valence-electron chi connectivity index (χ3n) is 8.03. The summed E-state index contributed by atoms with van der Waals surface area (Å²) in [4.78, 5) is -0.0686. The van der Waals surface area contributed by atoms with E-state index in [0.717, 1.165) is 48.3 Å². The molecule has 41 heavy (non-hydrogen) atoms. The Balaban J connectivity index is 1.47. The Labute approximate surface area is 244 Å². The highest BCUT2D eigenvalue weighted by atomic mass is 35.5. The van der Waals surface area contributed by atoms with Crippen LogP contribution in [0.2, 0.25) is 0 Å². The van der Waals surface area contributed by atoms with E-state index in [1.807, 2.05) is 12.1 Å². The van der Waals surface area contributed by atoms with Crippen LogP contribution in [0.25, 0.3) is 6.08 Å². The summed E-state index contributed by atoms with van der Waals surface area (Å²) >= 11 is 7.01. The molecule has 3 aromatic rings. The second-order valence-corrected chi connectivity index (χ2v) is 12.4. The van der Waals surface area contributed by atoms with E-state index in [4.69, 9.17) is 39.5 Å². The molecule has 10 heteroatoms. The van der Waals surface area contributed by atoms with Crippen LogP contribution in [-0.4, -0.2) is 41.9 Å². The first-order chi connectivity index (χ1) is 19.8. The van der Waals surface area contributed by atoms with Gasteiger partial charge in [-0.05, 0) is 85.0 Å². The molecular formula is C31H31ClO8S. The predicted octanol–water partition coefficient (Wildman–Crippen LogP) is 6.27. The molecule has 216 valence electrons. The number of halogens is 1. The summed E-state index contributed by atoms with van der Waals surface area (Å²) in [5.41, 5.74) is 5.05. The van der Waals surface area contributed by atoms with Crippen LogP contribution in [0, 0.1) is 0 Å². The standard InChI is InChI=1S/C31H31ClO8S/c1-35-26-11-8-22(15-28(26)37-3)41(33,34)40-31-24-13-21-5-4-18(12-19(24)7-10-27(31)36-2)23-16-30-29(38-17-39-30)14-20(23)6-9-25(21)32/h7-8,10-11,13-16,18,25H,4-6,9,12,17H2,1-3H3. The van der Waals surface area contributed by atoms with Crippen LogP contribution in [0.1, 0.15) is 47.4 Å². The first kappa shape index (κ1) is 27.6. The highest BCUT2D eigenvalue weighted by Crippen LogP contribution is 2.46. The van der Waals surface area contributed by atoms with E-state index < -0.39 is 10.1 Å². The molecule has 0 amide bonds. The summed E-state index contributed by atoms with van der Waals surface area (Å²) in [6, 6.07) is 12.2. The zero-order chi connectivity index (χ0) is 28.7. The number of hydrogen-bond acceptors (Lipinski definition) is 8. The molecule has 0 N–H and O–H groups in total. The Morgan fingerprint density at radius 1 is 0.829 bits per heavy atom. The molecule has 8 nitrogen and oxygen atoms in total. The van der Waals surface area contributed by atoms with Gasteiger partial charge in [-0.2, -0.15) is 8.42 Å². The summed E-state index contributed by atoms with van der Waals surface area (Å²) in [6.45, 7) is 0.214. The average Bonchev–Trinajstić information content (AvgIpc) is 3.43. The smallest absolute Gasteiger partial charge is 0.339 e. The van der Waals surface area contributed by atoms with E-state index in [2.05, 4.69) is 12.1 Å². The molecule has 0 fully saturated rings. The van der Waals surface area contributed by atoms with E-state index >= 15 is 0 Å². The number of alkyl halides is 1. The molecule has 2 unspecified atom stereocenters. The van der Waals surface area contributed by atoms with Crippen molar-refractivity contribution >= 4 is 27.8 Å². The molecule has 0 saturated heterocycles. The van der Waals surface area contributed by atoms with E-state index in [-0.39, 0.29) is 34.5 Å². The van der Waals surface area contributed by atoms with Gasteiger partial charge in [0.2, 0.25) is 6.79 Å². The van der Waals surface area contributed by atoms with Crippen LogP contribution in [0.4, 0.5) is 0 Å². The number of benzene rings is 3. The Bertz CT molecular complexity index is 1630. The number of methoxy groups -OCH3 is 3. The van der Waals surface area contributed by atoms with E-state index in [1.54, 1.807) is 6.07 Å². The molecule has 2 atom stereocenters. The molecule has 2 aliphatic carbocycles. The second kappa shape index (κ2) is 11.0. The maximum absolute atomic E-state index is 13.6. The Hall–Kier alpha value is -3.56. The molecule has 0 radical (unpaired) electrons. The highest BCUT2D eigenvalue weighted by molar-refractivity contribution is 7.87. The molecule has 6 rings (SSSR count). The van der Waals surface area contributed by atoms with Gasteiger partial charge in [0.1, 0.15) is 4.90 Å². The topological polar surface area (TPSA) is 89.5 Å². The molecule has 0 spiro atoms. The summed E-state index contributed by atoms with van der Waals surface area (Å²) in [7, 11) is 0.152. The van der Waals surface area contributed by atoms with Crippen molar-refractivity contribution in [2.24, 2.45) is 0 Å². The molecule has 1 heterocycles. The number of allylic oxidation sites excluding steroid dienone is 1. The van der Waals surface area contributed by atoms with Gasteiger partial charge in [0.25, 0.3) is 0 Å². The molecule has 0 saturated carbocycles. The van der Waals surface area contributed by atoms with Gasteiger partial charge in [-0.15, -0.1) is 11.6 Å². The monoisotopic (exact) mass is 598 g/mol. The predicted molar refractivity (Wildman–Crippen MR) is 155 cm³/mol. The number of rotatable bonds is 6. The summed E-state index contributed by atoms with van der Waals surface area (Å²) in [6.07, 6.45) is 5.86. The fraction of sp³-hybridized carbons (Fsp3) is 0.355. The van der Waals surface area contributed by atoms with Gasteiger partial charge in [-0.3, -0.25) is 0 Å². The van der Waals surface area contributed by atoms with Crippen molar-refractivity contribution in [3.63, 3.8) is 0 Å². The second-order valence-electron chi connectivity index (χ2n) is 10.3. The summed E-state index contributed by atoms with van der Waals surface area (Å²) in [5, 5.41) is -0.237. The Morgan fingerprint density at radius 3 is 2.32 bits per heavy atom. The first-order valence-electron chi connectivity index (χ1n) is 13.4. The van der Waals surface area contributed by atoms with E-state index in [1.165, 1.54) is 50.7 Å². The SMILES string of the molecule is COc1ccc(S(=O)(=O)Oc2c(OC)ccc3c2C=C2CCC(C3)c3cc4c(cc3CCC2Cl)OCO4)cc1OC. The third-order valence-corrected chi connectivity index (χ3v) is 9.74. The minimum absolute atomic E-state index is 0.0686. The van der Waals surface area contributed by atoms with Crippen LogP contribution in [0.5, 0.6) is 34.5 Å². The van der Waals surface area contributed by atoms with Crippen LogP contribution in [0.15, 0.2) is 52.9 Å². The van der Waals surface area contributed by atoms with Crippen molar-refractivity contribution in [1.82, 2.24) is 0 Å². The van der Waals surface area contributed by atoms with Crippen LogP contribution in [-0.2, 0) is 23.0 Å². The van der Waals surface area contributed by atoms with Gasteiger partial charge in [0.05, 0.1) is 26.7 Å². The average molecular weight is 599 g/mol. The molecule has 2 bridgehead atoms. The Morgan fingerprint density at radius 2 is 1.56 bits per heavy atom. The van der Waals surface area contributed by atoms with Crippen molar-refractivity contribution in [1.29, 1.82) is 0 Å². The van der Waals surface area contributed by atoms with Crippen LogP contribution < -0.4 is 27.9 Å².